The average Bonchev–Trinajstić information content (AvgIpc) is 2.13. The number of primary sulfonamides is 1. The van der Waals surface area contributed by atoms with Gasteiger partial charge in [0.15, 0.2) is 9.84 Å². The molecule has 0 aromatic heterocycles. The fraction of sp³-hybridized carbons (Fsp3) is 0.125. The van der Waals surface area contributed by atoms with Crippen LogP contribution in [0.3, 0.4) is 0 Å². The molecule has 7 nitrogen and oxygen atoms in total. The standard InChI is InChI=1S/C8H9NO6S2/c1-16(12,13)6-4-2-3-5(8(10)11)7(6)17(9,14)15/h2-4H,1H3,(H,10,11)(H2,9,14,15). The zero-order valence-corrected chi connectivity index (χ0v) is 10.2. The summed E-state index contributed by atoms with van der Waals surface area (Å²) in [6.45, 7) is 0. The third-order valence-corrected chi connectivity index (χ3v) is 4.17. The fourth-order valence-corrected chi connectivity index (χ4v) is 3.66. The molecule has 94 valence electrons. The molecule has 0 aliphatic rings. The second-order valence-electron chi connectivity index (χ2n) is 3.26. The zero-order valence-electron chi connectivity index (χ0n) is 8.61. The Kier molecular flexibility index (Phi) is 3.28. The molecular weight excluding hydrogens is 270 g/mol. The van der Waals surface area contributed by atoms with E-state index in [9.17, 15) is 21.6 Å². The van der Waals surface area contributed by atoms with Crippen molar-refractivity contribution in [2.24, 2.45) is 5.14 Å². The van der Waals surface area contributed by atoms with Gasteiger partial charge >= 0.3 is 5.97 Å². The first-order chi connectivity index (χ1) is 7.55. The Labute approximate surface area is 97.8 Å². The molecule has 0 aliphatic carbocycles. The van der Waals surface area contributed by atoms with Crippen molar-refractivity contribution in [3.05, 3.63) is 23.8 Å². The molecule has 9 heteroatoms. The van der Waals surface area contributed by atoms with E-state index in [0.717, 1.165) is 24.5 Å². The predicted octanol–water partition coefficient (Wildman–Crippen LogP) is -0.564. The molecule has 3 N–H and O–H groups in total. The number of carboxylic acid groups (broad SMARTS) is 1. The lowest BCUT2D eigenvalue weighted by molar-refractivity contribution is 0.0692. The Morgan fingerprint density at radius 2 is 1.76 bits per heavy atom. The molecule has 0 bridgehead atoms. The van der Waals surface area contributed by atoms with Crippen LogP contribution in [0, 0.1) is 0 Å². The maximum Gasteiger partial charge on any atom is 0.337 e. The van der Waals surface area contributed by atoms with E-state index in [0.29, 0.717) is 0 Å². The summed E-state index contributed by atoms with van der Waals surface area (Å²) >= 11 is 0. The van der Waals surface area contributed by atoms with E-state index >= 15 is 0 Å². The number of rotatable bonds is 3. The van der Waals surface area contributed by atoms with Gasteiger partial charge < -0.3 is 5.11 Å². The molecular formula is C8H9NO6S2. The lowest BCUT2D eigenvalue weighted by Crippen LogP contribution is -2.20. The number of hydrogen-bond acceptors (Lipinski definition) is 5. The summed E-state index contributed by atoms with van der Waals surface area (Å²) in [5.74, 6) is -1.57. The van der Waals surface area contributed by atoms with Crippen molar-refractivity contribution in [2.75, 3.05) is 6.26 Å². The monoisotopic (exact) mass is 279 g/mol. The number of nitrogens with two attached hydrogens (primary N) is 1. The van der Waals surface area contributed by atoms with E-state index in [1.165, 1.54) is 0 Å². The maximum atomic E-state index is 11.4. The van der Waals surface area contributed by atoms with Crippen molar-refractivity contribution in [3.63, 3.8) is 0 Å². The Morgan fingerprint density at radius 3 is 2.12 bits per heavy atom. The van der Waals surface area contributed by atoms with Gasteiger partial charge in [0.25, 0.3) is 0 Å². The van der Waals surface area contributed by atoms with Crippen molar-refractivity contribution in [1.29, 1.82) is 0 Å². The number of sulfonamides is 1. The lowest BCUT2D eigenvalue weighted by atomic mass is 10.2. The Bertz CT molecular complexity index is 674. The lowest BCUT2D eigenvalue weighted by Gasteiger charge is -2.08. The highest BCUT2D eigenvalue weighted by atomic mass is 32.2. The van der Waals surface area contributed by atoms with Crippen molar-refractivity contribution in [1.82, 2.24) is 0 Å². The van der Waals surface area contributed by atoms with Crippen LogP contribution in [0.15, 0.2) is 28.0 Å². The summed E-state index contributed by atoms with van der Waals surface area (Å²) in [5, 5.41) is 13.6. The molecule has 0 saturated carbocycles. The van der Waals surface area contributed by atoms with E-state index in [-0.39, 0.29) is 0 Å². The van der Waals surface area contributed by atoms with Gasteiger partial charge in [0.05, 0.1) is 10.5 Å². The van der Waals surface area contributed by atoms with Gasteiger partial charge in [0.1, 0.15) is 4.90 Å². The van der Waals surface area contributed by atoms with Crippen LogP contribution in [0.4, 0.5) is 0 Å². The first-order valence-electron chi connectivity index (χ1n) is 4.14. The van der Waals surface area contributed by atoms with Crippen LogP contribution in [0.25, 0.3) is 0 Å². The third kappa shape index (κ3) is 2.81. The highest BCUT2D eigenvalue weighted by Crippen LogP contribution is 2.23. The van der Waals surface area contributed by atoms with Gasteiger partial charge in [-0.15, -0.1) is 0 Å². The minimum Gasteiger partial charge on any atom is -0.478 e. The molecule has 0 unspecified atom stereocenters. The third-order valence-electron chi connectivity index (χ3n) is 1.89. The molecule has 0 fully saturated rings. The van der Waals surface area contributed by atoms with Gasteiger partial charge in [-0.25, -0.2) is 26.8 Å². The summed E-state index contributed by atoms with van der Waals surface area (Å²) in [4.78, 5) is 9.31. The van der Waals surface area contributed by atoms with Crippen molar-refractivity contribution >= 4 is 25.8 Å². The number of carbonyl (C=O) groups is 1. The Balaban J connectivity index is 3.90. The van der Waals surface area contributed by atoms with Crippen LogP contribution < -0.4 is 5.14 Å². The number of benzene rings is 1. The van der Waals surface area contributed by atoms with Gasteiger partial charge in [-0.05, 0) is 12.1 Å². The molecule has 1 rings (SSSR count). The Hall–Kier alpha value is -1.45. The number of aromatic carboxylic acids is 1. The van der Waals surface area contributed by atoms with Crippen molar-refractivity contribution < 1.29 is 26.7 Å². The quantitative estimate of drug-likeness (QED) is 0.762. The van der Waals surface area contributed by atoms with Crippen LogP contribution in [0.2, 0.25) is 0 Å². The SMILES string of the molecule is CS(=O)(=O)c1cccc(C(=O)O)c1S(N)(=O)=O. The predicted molar refractivity (Wildman–Crippen MR) is 57.9 cm³/mol. The molecule has 0 aliphatic heterocycles. The molecule has 1 aromatic rings. The largest absolute Gasteiger partial charge is 0.478 e. The minimum atomic E-state index is -4.45. The average molecular weight is 279 g/mol. The number of hydrogen-bond donors (Lipinski definition) is 2. The van der Waals surface area contributed by atoms with Gasteiger partial charge in [0.2, 0.25) is 10.0 Å². The van der Waals surface area contributed by atoms with E-state index in [2.05, 4.69) is 0 Å². The minimum absolute atomic E-state index is 0.625. The second kappa shape index (κ2) is 4.09. The second-order valence-corrected chi connectivity index (χ2v) is 6.74. The van der Waals surface area contributed by atoms with Crippen molar-refractivity contribution in [2.45, 2.75) is 9.79 Å². The van der Waals surface area contributed by atoms with E-state index in [4.69, 9.17) is 10.2 Å². The maximum absolute atomic E-state index is 11.4. The molecule has 0 saturated heterocycles. The first kappa shape index (κ1) is 13.6. The molecule has 0 heterocycles. The summed E-state index contributed by atoms with van der Waals surface area (Å²) in [6.07, 6.45) is 0.767. The van der Waals surface area contributed by atoms with Crippen LogP contribution in [0.1, 0.15) is 10.4 Å². The van der Waals surface area contributed by atoms with Gasteiger partial charge in [-0.2, -0.15) is 0 Å². The summed E-state index contributed by atoms with van der Waals surface area (Å²) in [6, 6.07) is 3.09. The topological polar surface area (TPSA) is 132 Å². The van der Waals surface area contributed by atoms with Crippen LogP contribution in [0.5, 0.6) is 0 Å². The first-order valence-corrected chi connectivity index (χ1v) is 7.58. The summed E-state index contributed by atoms with van der Waals surface area (Å²) < 4.78 is 45.3. The zero-order chi connectivity index (χ0) is 13.4. The normalized spacial score (nSPS) is 12.4. The summed E-state index contributed by atoms with van der Waals surface area (Å²) in [5.41, 5.74) is -0.671. The molecule has 0 radical (unpaired) electrons. The van der Waals surface area contributed by atoms with Gasteiger partial charge in [-0.3, -0.25) is 0 Å². The molecule has 1 aromatic carbocycles. The smallest absolute Gasteiger partial charge is 0.337 e. The van der Waals surface area contributed by atoms with E-state index in [1.54, 1.807) is 0 Å². The Morgan fingerprint density at radius 1 is 1.24 bits per heavy atom. The number of carboxylic acids is 1. The number of sulfone groups is 1. The van der Waals surface area contributed by atoms with Crippen LogP contribution >= 0.6 is 0 Å². The van der Waals surface area contributed by atoms with Crippen LogP contribution in [-0.4, -0.2) is 34.2 Å². The molecule has 0 spiro atoms. The van der Waals surface area contributed by atoms with Gasteiger partial charge in [-0.1, -0.05) is 6.07 Å². The van der Waals surface area contributed by atoms with E-state index in [1.807, 2.05) is 0 Å². The molecule has 0 atom stereocenters. The van der Waals surface area contributed by atoms with Gasteiger partial charge in [0, 0.05) is 6.26 Å². The van der Waals surface area contributed by atoms with Crippen LogP contribution in [-0.2, 0) is 19.9 Å². The highest BCUT2D eigenvalue weighted by molar-refractivity contribution is 7.93. The summed E-state index contributed by atoms with van der Waals surface area (Å²) in [7, 11) is -8.35. The molecule has 17 heavy (non-hydrogen) atoms. The fourth-order valence-electron chi connectivity index (χ4n) is 1.27. The van der Waals surface area contributed by atoms with Crippen molar-refractivity contribution in [3.8, 4) is 0 Å². The molecule has 0 amide bonds. The van der Waals surface area contributed by atoms with E-state index < -0.39 is 41.2 Å². The highest BCUT2D eigenvalue weighted by Gasteiger charge is 2.27.